The molecule has 0 unspecified atom stereocenters. The van der Waals surface area contributed by atoms with Crippen LogP contribution in [0, 0.1) is 5.92 Å². The highest BCUT2D eigenvalue weighted by molar-refractivity contribution is 6.44. The van der Waals surface area contributed by atoms with E-state index in [1.165, 1.54) is 6.42 Å². The number of benzene rings is 1. The first-order chi connectivity index (χ1) is 8.18. The van der Waals surface area contributed by atoms with Crippen molar-refractivity contribution in [3.8, 4) is 0 Å². The molecule has 1 fully saturated rings. The molecule has 0 amide bonds. The molecule has 3 heteroatoms. The highest BCUT2D eigenvalue weighted by Gasteiger charge is 2.27. The summed E-state index contributed by atoms with van der Waals surface area (Å²) in [7, 11) is 0. The average molecular weight is 251 g/mol. The van der Waals surface area contributed by atoms with Gasteiger partial charge in [0.1, 0.15) is 0 Å². The van der Waals surface area contributed by atoms with E-state index in [9.17, 15) is 9.59 Å². The predicted octanol–water partition coefficient (Wildman–Crippen LogP) is 3.67. The maximum Gasteiger partial charge on any atom is 0.228 e. The zero-order chi connectivity index (χ0) is 12.3. The molecule has 0 atom stereocenters. The minimum Gasteiger partial charge on any atom is -0.290 e. The second-order valence-corrected chi connectivity index (χ2v) is 4.97. The predicted molar refractivity (Wildman–Crippen MR) is 67.4 cm³/mol. The summed E-state index contributed by atoms with van der Waals surface area (Å²) in [6, 6.07) is 6.52. The Morgan fingerprint density at radius 1 is 1.00 bits per heavy atom. The standard InChI is InChI=1S/C14H15ClO2/c15-12-8-6-11(7-9-12)14(17)13(16)10-4-2-1-3-5-10/h6-10H,1-5H2. The molecular formula is C14H15ClO2. The third-order valence-electron chi connectivity index (χ3n) is 3.31. The third kappa shape index (κ3) is 2.95. The van der Waals surface area contributed by atoms with Gasteiger partial charge in [0.05, 0.1) is 0 Å². The normalized spacial score (nSPS) is 16.8. The molecular weight excluding hydrogens is 236 g/mol. The quantitative estimate of drug-likeness (QED) is 0.606. The zero-order valence-corrected chi connectivity index (χ0v) is 10.4. The summed E-state index contributed by atoms with van der Waals surface area (Å²) in [5.41, 5.74) is 0.449. The fraction of sp³-hybridized carbons (Fsp3) is 0.429. The summed E-state index contributed by atoms with van der Waals surface area (Å²) >= 11 is 5.75. The van der Waals surface area contributed by atoms with Crippen LogP contribution in [0.4, 0.5) is 0 Å². The first kappa shape index (κ1) is 12.3. The van der Waals surface area contributed by atoms with Crippen molar-refractivity contribution in [3.05, 3.63) is 34.9 Å². The van der Waals surface area contributed by atoms with E-state index < -0.39 is 0 Å². The molecule has 0 saturated heterocycles. The molecule has 0 bridgehead atoms. The van der Waals surface area contributed by atoms with Gasteiger partial charge in [0.25, 0.3) is 0 Å². The van der Waals surface area contributed by atoms with E-state index in [4.69, 9.17) is 11.6 Å². The average Bonchev–Trinajstić information content (AvgIpc) is 2.39. The SMILES string of the molecule is O=C(C(=O)C1CCCCC1)c1ccc(Cl)cc1. The lowest BCUT2D eigenvalue weighted by Crippen LogP contribution is -2.25. The Morgan fingerprint density at radius 3 is 2.18 bits per heavy atom. The van der Waals surface area contributed by atoms with Crippen molar-refractivity contribution in [1.29, 1.82) is 0 Å². The van der Waals surface area contributed by atoms with Gasteiger partial charge in [0, 0.05) is 16.5 Å². The largest absolute Gasteiger partial charge is 0.290 e. The van der Waals surface area contributed by atoms with Gasteiger partial charge in [0.15, 0.2) is 0 Å². The van der Waals surface area contributed by atoms with Crippen molar-refractivity contribution in [1.82, 2.24) is 0 Å². The molecule has 1 aliphatic rings. The van der Waals surface area contributed by atoms with Gasteiger partial charge in [-0.1, -0.05) is 30.9 Å². The third-order valence-corrected chi connectivity index (χ3v) is 3.56. The Labute approximate surface area is 106 Å². The maximum absolute atomic E-state index is 12.0. The lowest BCUT2D eigenvalue weighted by atomic mass is 9.84. The lowest BCUT2D eigenvalue weighted by molar-refractivity contribution is -0.119. The van der Waals surface area contributed by atoms with Crippen molar-refractivity contribution in [3.63, 3.8) is 0 Å². The van der Waals surface area contributed by atoms with Gasteiger partial charge in [-0.05, 0) is 37.1 Å². The second kappa shape index (κ2) is 5.46. The monoisotopic (exact) mass is 250 g/mol. The lowest BCUT2D eigenvalue weighted by Gasteiger charge is -2.19. The molecule has 0 aliphatic heterocycles. The van der Waals surface area contributed by atoms with Crippen molar-refractivity contribution < 1.29 is 9.59 Å². The molecule has 0 radical (unpaired) electrons. The van der Waals surface area contributed by atoms with Crippen molar-refractivity contribution >= 4 is 23.2 Å². The molecule has 0 spiro atoms. The maximum atomic E-state index is 12.0. The fourth-order valence-electron chi connectivity index (χ4n) is 2.29. The van der Waals surface area contributed by atoms with Gasteiger partial charge in [-0.3, -0.25) is 9.59 Å². The molecule has 1 aromatic carbocycles. The summed E-state index contributed by atoms with van der Waals surface area (Å²) in [6.07, 6.45) is 5.02. The van der Waals surface area contributed by atoms with Gasteiger partial charge in [-0.2, -0.15) is 0 Å². The number of rotatable bonds is 3. The number of ketones is 2. The number of hydrogen-bond acceptors (Lipinski definition) is 2. The number of carbonyl (C=O) groups excluding carboxylic acids is 2. The zero-order valence-electron chi connectivity index (χ0n) is 9.62. The molecule has 90 valence electrons. The van der Waals surface area contributed by atoms with Gasteiger partial charge >= 0.3 is 0 Å². The van der Waals surface area contributed by atoms with Crippen LogP contribution < -0.4 is 0 Å². The van der Waals surface area contributed by atoms with E-state index >= 15 is 0 Å². The summed E-state index contributed by atoms with van der Waals surface area (Å²) in [6.45, 7) is 0. The fourth-order valence-corrected chi connectivity index (χ4v) is 2.42. The Kier molecular flexibility index (Phi) is 3.95. The van der Waals surface area contributed by atoms with Crippen LogP contribution in [0.15, 0.2) is 24.3 Å². The van der Waals surface area contributed by atoms with Crippen LogP contribution in [0.1, 0.15) is 42.5 Å². The molecule has 0 heterocycles. The number of halogens is 1. The first-order valence-corrected chi connectivity index (χ1v) is 6.40. The summed E-state index contributed by atoms with van der Waals surface area (Å²) in [5.74, 6) is -0.660. The molecule has 2 rings (SSSR count). The highest BCUT2D eigenvalue weighted by atomic mass is 35.5. The van der Waals surface area contributed by atoms with Crippen LogP contribution in [0.3, 0.4) is 0 Å². The topological polar surface area (TPSA) is 34.1 Å². The van der Waals surface area contributed by atoms with Crippen LogP contribution >= 0.6 is 11.6 Å². The van der Waals surface area contributed by atoms with Crippen molar-refractivity contribution in [2.75, 3.05) is 0 Å². The van der Waals surface area contributed by atoms with Gasteiger partial charge < -0.3 is 0 Å². The van der Waals surface area contributed by atoms with E-state index in [1.54, 1.807) is 24.3 Å². The summed E-state index contributed by atoms with van der Waals surface area (Å²) < 4.78 is 0. The van der Waals surface area contributed by atoms with Crippen molar-refractivity contribution in [2.24, 2.45) is 5.92 Å². The Hall–Kier alpha value is -1.15. The van der Waals surface area contributed by atoms with Crippen LogP contribution in [-0.2, 0) is 4.79 Å². The Bertz CT molecular complexity index is 416. The van der Waals surface area contributed by atoms with Crippen molar-refractivity contribution in [2.45, 2.75) is 32.1 Å². The number of Topliss-reactive ketones (excluding diaryl/α,β-unsaturated/α-hetero) is 2. The van der Waals surface area contributed by atoms with Gasteiger partial charge in [0.2, 0.25) is 11.6 Å². The van der Waals surface area contributed by atoms with E-state index in [-0.39, 0.29) is 17.5 Å². The van der Waals surface area contributed by atoms with E-state index in [0.717, 1.165) is 25.7 Å². The minimum atomic E-state index is -0.367. The highest BCUT2D eigenvalue weighted by Crippen LogP contribution is 2.25. The Morgan fingerprint density at radius 2 is 1.59 bits per heavy atom. The number of carbonyl (C=O) groups is 2. The van der Waals surface area contributed by atoms with Gasteiger partial charge in [-0.15, -0.1) is 0 Å². The molecule has 1 saturated carbocycles. The summed E-state index contributed by atoms with van der Waals surface area (Å²) in [5, 5.41) is 0.576. The van der Waals surface area contributed by atoms with E-state index in [0.29, 0.717) is 10.6 Å². The first-order valence-electron chi connectivity index (χ1n) is 6.02. The smallest absolute Gasteiger partial charge is 0.228 e. The molecule has 1 aromatic rings. The summed E-state index contributed by atoms with van der Waals surface area (Å²) in [4.78, 5) is 24.0. The van der Waals surface area contributed by atoms with Crippen LogP contribution in [-0.4, -0.2) is 11.6 Å². The molecule has 0 N–H and O–H groups in total. The number of hydrogen-bond donors (Lipinski definition) is 0. The minimum absolute atomic E-state index is 0.0630. The van der Waals surface area contributed by atoms with Gasteiger partial charge in [-0.25, -0.2) is 0 Å². The molecule has 17 heavy (non-hydrogen) atoms. The van der Waals surface area contributed by atoms with Crippen LogP contribution in [0.5, 0.6) is 0 Å². The molecule has 1 aliphatic carbocycles. The van der Waals surface area contributed by atoms with E-state index in [2.05, 4.69) is 0 Å². The second-order valence-electron chi connectivity index (χ2n) is 4.54. The van der Waals surface area contributed by atoms with E-state index in [1.807, 2.05) is 0 Å². The molecule has 2 nitrogen and oxygen atoms in total. The molecule has 0 aromatic heterocycles. The van der Waals surface area contributed by atoms with Crippen LogP contribution in [0.2, 0.25) is 5.02 Å². The van der Waals surface area contributed by atoms with Crippen LogP contribution in [0.25, 0.3) is 0 Å². The Balaban J connectivity index is 2.08.